The molecule has 2 aromatic heterocycles. The molecule has 7 nitrogen and oxygen atoms in total. The van der Waals surface area contributed by atoms with E-state index in [1.54, 1.807) is 6.20 Å². The molecule has 1 atom stereocenters. The molecule has 0 aromatic carbocycles. The van der Waals surface area contributed by atoms with Crippen LogP contribution in [0.2, 0.25) is 0 Å². The highest BCUT2D eigenvalue weighted by Crippen LogP contribution is 2.15. The Hall–Kier alpha value is -2.57. The predicted molar refractivity (Wildman–Crippen MR) is 96.6 cm³/mol. The van der Waals surface area contributed by atoms with Crippen LogP contribution in [0.5, 0.6) is 0 Å². The van der Waals surface area contributed by atoms with E-state index in [-0.39, 0.29) is 12.1 Å². The lowest BCUT2D eigenvalue weighted by Gasteiger charge is -2.16. The summed E-state index contributed by atoms with van der Waals surface area (Å²) in [5.41, 5.74) is 3.99. The van der Waals surface area contributed by atoms with Crippen molar-refractivity contribution in [3.63, 3.8) is 0 Å². The molecule has 0 aliphatic heterocycles. The lowest BCUT2D eigenvalue weighted by atomic mass is 10.1. The van der Waals surface area contributed by atoms with E-state index in [1.807, 2.05) is 63.6 Å². The largest absolute Gasteiger partial charge is 0.363 e. The van der Waals surface area contributed by atoms with E-state index in [1.165, 1.54) is 5.56 Å². The number of aryl methyl sites for hydroxylation is 2. The predicted octanol–water partition coefficient (Wildman–Crippen LogP) is 2.25. The lowest BCUT2D eigenvalue weighted by molar-refractivity contribution is 0.249. The summed E-state index contributed by atoms with van der Waals surface area (Å²) in [5, 5.41) is 10.2. The molecular formula is C17H26N6O. The smallest absolute Gasteiger partial charge is 0.319 e. The van der Waals surface area contributed by atoms with Gasteiger partial charge in [0.05, 0.1) is 17.6 Å². The normalized spacial score (nSPS) is 11.9. The second-order valence-corrected chi connectivity index (χ2v) is 6.28. The zero-order chi connectivity index (χ0) is 17.9. The molecule has 7 heteroatoms. The molecule has 0 spiro atoms. The maximum Gasteiger partial charge on any atom is 0.319 e. The summed E-state index contributed by atoms with van der Waals surface area (Å²) in [7, 11) is 5.78. The average Bonchev–Trinajstić information content (AvgIpc) is 2.74. The quantitative estimate of drug-likeness (QED) is 0.882. The number of urea groups is 1. The van der Waals surface area contributed by atoms with Gasteiger partial charge in [-0.15, -0.1) is 0 Å². The van der Waals surface area contributed by atoms with Gasteiger partial charge in [-0.25, -0.2) is 9.78 Å². The minimum absolute atomic E-state index is 0.000563. The number of pyridine rings is 1. The minimum atomic E-state index is -0.235. The topological polar surface area (TPSA) is 75.1 Å². The van der Waals surface area contributed by atoms with Gasteiger partial charge in [-0.2, -0.15) is 5.10 Å². The van der Waals surface area contributed by atoms with Crippen molar-refractivity contribution < 1.29 is 4.79 Å². The van der Waals surface area contributed by atoms with Gasteiger partial charge < -0.3 is 15.5 Å². The Balaban J connectivity index is 1.91. The molecule has 0 fully saturated rings. The fourth-order valence-electron chi connectivity index (χ4n) is 2.59. The molecule has 2 aromatic rings. The fourth-order valence-corrected chi connectivity index (χ4v) is 2.59. The van der Waals surface area contributed by atoms with Crippen molar-refractivity contribution in [3.05, 3.63) is 35.3 Å². The van der Waals surface area contributed by atoms with Crippen LogP contribution in [0.3, 0.4) is 0 Å². The van der Waals surface area contributed by atoms with Gasteiger partial charge in [0, 0.05) is 32.9 Å². The van der Waals surface area contributed by atoms with Crippen LogP contribution in [0.1, 0.15) is 23.9 Å². The van der Waals surface area contributed by atoms with Crippen LogP contribution in [0.15, 0.2) is 18.3 Å². The number of anilines is 2. The van der Waals surface area contributed by atoms with Crippen LogP contribution >= 0.6 is 0 Å². The second kappa shape index (κ2) is 7.33. The Morgan fingerprint density at radius 1 is 1.33 bits per heavy atom. The van der Waals surface area contributed by atoms with E-state index >= 15 is 0 Å². The molecule has 0 bridgehead atoms. The molecule has 130 valence electrons. The van der Waals surface area contributed by atoms with Gasteiger partial charge in [-0.3, -0.25) is 4.68 Å². The Bertz CT molecular complexity index is 705. The van der Waals surface area contributed by atoms with Gasteiger partial charge in [0.15, 0.2) is 0 Å². The molecule has 2 rings (SSSR count). The molecule has 0 radical (unpaired) electrons. The molecule has 24 heavy (non-hydrogen) atoms. The zero-order valence-electron chi connectivity index (χ0n) is 15.2. The van der Waals surface area contributed by atoms with Crippen LogP contribution in [0.25, 0.3) is 0 Å². The van der Waals surface area contributed by atoms with Crippen molar-refractivity contribution in [1.29, 1.82) is 0 Å². The summed E-state index contributed by atoms with van der Waals surface area (Å²) in [6.45, 7) is 6.02. The third-order valence-corrected chi connectivity index (χ3v) is 4.01. The summed E-state index contributed by atoms with van der Waals surface area (Å²) in [6, 6.07) is 3.46. The lowest BCUT2D eigenvalue weighted by Crippen LogP contribution is -2.37. The van der Waals surface area contributed by atoms with Gasteiger partial charge in [-0.05, 0) is 44.9 Å². The van der Waals surface area contributed by atoms with Crippen molar-refractivity contribution in [2.75, 3.05) is 24.3 Å². The van der Waals surface area contributed by atoms with E-state index in [0.717, 1.165) is 23.6 Å². The van der Waals surface area contributed by atoms with Crippen molar-refractivity contribution in [2.45, 2.75) is 33.2 Å². The van der Waals surface area contributed by atoms with E-state index in [2.05, 4.69) is 20.7 Å². The molecular weight excluding hydrogens is 304 g/mol. The van der Waals surface area contributed by atoms with Gasteiger partial charge in [0.1, 0.15) is 5.82 Å². The second-order valence-electron chi connectivity index (χ2n) is 6.28. The van der Waals surface area contributed by atoms with E-state index in [0.29, 0.717) is 5.69 Å². The SMILES string of the molecule is Cc1nn(C)c(C)c1C[C@H](C)NC(=O)Nc1ccc(N(C)C)nc1. The Morgan fingerprint density at radius 3 is 2.54 bits per heavy atom. The maximum absolute atomic E-state index is 12.1. The van der Waals surface area contributed by atoms with E-state index < -0.39 is 0 Å². The Labute approximate surface area is 143 Å². The summed E-state index contributed by atoms with van der Waals surface area (Å²) in [6.07, 6.45) is 2.39. The first-order valence-electron chi connectivity index (χ1n) is 7.98. The fraction of sp³-hybridized carbons (Fsp3) is 0.471. The molecule has 0 aliphatic carbocycles. The molecule has 0 unspecified atom stereocenters. The van der Waals surface area contributed by atoms with Crippen molar-refractivity contribution >= 4 is 17.5 Å². The van der Waals surface area contributed by atoms with Gasteiger partial charge >= 0.3 is 6.03 Å². The van der Waals surface area contributed by atoms with Gasteiger partial charge in [0.25, 0.3) is 0 Å². The first-order chi connectivity index (χ1) is 11.3. The monoisotopic (exact) mass is 330 g/mol. The minimum Gasteiger partial charge on any atom is -0.363 e. The summed E-state index contributed by atoms with van der Waals surface area (Å²) < 4.78 is 1.87. The maximum atomic E-state index is 12.1. The first kappa shape index (κ1) is 17.8. The molecule has 2 heterocycles. The van der Waals surface area contributed by atoms with Crippen LogP contribution in [-0.4, -0.2) is 40.9 Å². The third kappa shape index (κ3) is 4.24. The van der Waals surface area contributed by atoms with E-state index in [9.17, 15) is 4.79 Å². The number of nitrogens with one attached hydrogen (secondary N) is 2. The third-order valence-electron chi connectivity index (χ3n) is 4.01. The zero-order valence-corrected chi connectivity index (χ0v) is 15.2. The van der Waals surface area contributed by atoms with Gasteiger partial charge in [0.2, 0.25) is 0 Å². The highest BCUT2D eigenvalue weighted by molar-refractivity contribution is 5.89. The van der Waals surface area contributed by atoms with Crippen LogP contribution in [0.4, 0.5) is 16.3 Å². The first-order valence-corrected chi connectivity index (χ1v) is 7.98. The number of hydrogen-bond donors (Lipinski definition) is 2. The van der Waals surface area contributed by atoms with Crippen molar-refractivity contribution in [3.8, 4) is 0 Å². The number of hydrogen-bond acceptors (Lipinski definition) is 4. The van der Waals surface area contributed by atoms with Crippen LogP contribution in [0, 0.1) is 13.8 Å². The number of rotatable bonds is 5. The van der Waals surface area contributed by atoms with Gasteiger partial charge in [-0.1, -0.05) is 0 Å². The molecule has 2 N–H and O–H groups in total. The standard InChI is InChI=1S/C17H26N6O/c1-11(9-15-12(2)21-23(6)13(15)3)19-17(24)20-14-7-8-16(18-10-14)22(4)5/h7-8,10-11H,9H2,1-6H3,(H2,19,20,24)/t11-/m0/s1. The summed E-state index contributed by atoms with van der Waals surface area (Å²) in [4.78, 5) is 18.3. The average molecular weight is 330 g/mol. The van der Waals surface area contributed by atoms with Crippen LogP contribution in [-0.2, 0) is 13.5 Å². The Kier molecular flexibility index (Phi) is 5.43. The van der Waals surface area contributed by atoms with E-state index in [4.69, 9.17) is 0 Å². The van der Waals surface area contributed by atoms with Crippen molar-refractivity contribution in [2.24, 2.45) is 7.05 Å². The summed E-state index contributed by atoms with van der Waals surface area (Å²) >= 11 is 0. The number of aromatic nitrogens is 3. The van der Waals surface area contributed by atoms with Crippen molar-refractivity contribution in [1.82, 2.24) is 20.1 Å². The summed E-state index contributed by atoms with van der Waals surface area (Å²) in [5.74, 6) is 0.844. The molecule has 2 amide bonds. The van der Waals surface area contributed by atoms with Crippen LogP contribution < -0.4 is 15.5 Å². The molecule has 0 saturated heterocycles. The highest BCUT2D eigenvalue weighted by atomic mass is 16.2. The number of nitrogens with zero attached hydrogens (tertiary/aromatic N) is 4. The number of carbonyl (C=O) groups excluding carboxylic acids is 1. The number of amides is 2. The highest BCUT2D eigenvalue weighted by Gasteiger charge is 2.14. The number of carbonyl (C=O) groups is 1. The molecule has 0 saturated carbocycles. The Morgan fingerprint density at radius 2 is 2.04 bits per heavy atom. The molecule has 0 aliphatic rings.